The number of carbonyl (C=O) groups excluding carboxylic acids is 1. The second-order valence-electron chi connectivity index (χ2n) is 7.82. The van der Waals surface area contributed by atoms with Crippen molar-refractivity contribution in [3.05, 3.63) is 47.3 Å². The van der Waals surface area contributed by atoms with Crippen LogP contribution in [-0.2, 0) is 17.6 Å². The molecule has 0 spiro atoms. The van der Waals surface area contributed by atoms with Gasteiger partial charge in [-0.3, -0.25) is 4.79 Å². The minimum Gasteiger partial charge on any atom is -0.494 e. The molecule has 2 aromatic heterocycles. The summed E-state index contributed by atoms with van der Waals surface area (Å²) in [5, 5.41) is 4.94. The molecule has 6 nitrogen and oxygen atoms in total. The summed E-state index contributed by atoms with van der Waals surface area (Å²) in [4.78, 5) is 19.7. The highest BCUT2D eigenvalue weighted by Gasteiger charge is 2.22. The molecule has 6 heteroatoms. The highest BCUT2D eigenvalue weighted by Crippen LogP contribution is 2.29. The summed E-state index contributed by atoms with van der Waals surface area (Å²) < 4.78 is 7.66. The van der Waals surface area contributed by atoms with Crippen molar-refractivity contribution in [2.24, 2.45) is 0 Å². The number of aromatic nitrogens is 3. The van der Waals surface area contributed by atoms with E-state index in [-0.39, 0.29) is 12.3 Å². The lowest BCUT2D eigenvalue weighted by Gasteiger charge is -2.18. The summed E-state index contributed by atoms with van der Waals surface area (Å²) in [6.45, 7) is 12.4. The normalized spacial score (nSPS) is 11.1. The molecular weight excluding hydrogens is 388 g/mol. The highest BCUT2D eigenvalue weighted by atomic mass is 16.5. The average Bonchev–Trinajstić information content (AvgIpc) is 3.12. The third-order valence-electron chi connectivity index (χ3n) is 5.44. The van der Waals surface area contributed by atoms with E-state index in [2.05, 4.69) is 19.9 Å². The van der Waals surface area contributed by atoms with Gasteiger partial charge in [-0.15, -0.1) is 0 Å². The Morgan fingerprint density at radius 2 is 1.77 bits per heavy atom. The van der Waals surface area contributed by atoms with Crippen molar-refractivity contribution in [3.63, 3.8) is 0 Å². The maximum Gasteiger partial charge on any atom is 0.227 e. The molecule has 1 aromatic carbocycles. The molecule has 0 unspecified atom stereocenters. The number of hydrogen-bond acceptors (Lipinski definition) is 4. The molecule has 0 aliphatic heterocycles. The molecular formula is C25H34N4O2. The van der Waals surface area contributed by atoms with Crippen LogP contribution in [0.2, 0.25) is 0 Å². The Balaban J connectivity index is 2.12. The molecule has 0 radical (unpaired) electrons. The molecule has 0 atom stereocenters. The van der Waals surface area contributed by atoms with Crippen molar-refractivity contribution in [1.82, 2.24) is 19.5 Å². The van der Waals surface area contributed by atoms with E-state index < -0.39 is 0 Å². The monoisotopic (exact) mass is 422 g/mol. The van der Waals surface area contributed by atoms with E-state index in [0.29, 0.717) is 19.7 Å². The predicted octanol–water partition coefficient (Wildman–Crippen LogP) is 4.86. The molecule has 2 heterocycles. The van der Waals surface area contributed by atoms with Crippen molar-refractivity contribution < 1.29 is 9.53 Å². The number of rotatable bonds is 10. The lowest BCUT2D eigenvalue weighted by atomic mass is 10.0. The number of aryl methyl sites for hydroxylation is 2. The van der Waals surface area contributed by atoms with E-state index in [1.54, 1.807) is 0 Å². The van der Waals surface area contributed by atoms with Gasteiger partial charge in [-0.05, 0) is 63.9 Å². The van der Waals surface area contributed by atoms with Gasteiger partial charge in [0.25, 0.3) is 0 Å². The first kappa shape index (κ1) is 22.8. The molecule has 3 rings (SSSR count). The van der Waals surface area contributed by atoms with Crippen LogP contribution in [0.5, 0.6) is 5.75 Å². The number of ether oxygens (including phenoxy) is 1. The van der Waals surface area contributed by atoms with E-state index in [4.69, 9.17) is 14.8 Å². The van der Waals surface area contributed by atoms with Gasteiger partial charge in [0.05, 0.1) is 18.7 Å². The summed E-state index contributed by atoms with van der Waals surface area (Å²) >= 11 is 0. The molecule has 166 valence electrons. The zero-order valence-electron chi connectivity index (χ0n) is 19.4. The van der Waals surface area contributed by atoms with Crippen LogP contribution in [0.4, 0.5) is 0 Å². The van der Waals surface area contributed by atoms with Gasteiger partial charge in [0.2, 0.25) is 5.91 Å². The van der Waals surface area contributed by atoms with Gasteiger partial charge in [-0.1, -0.05) is 20.3 Å². The van der Waals surface area contributed by atoms with Gasteiger partial charge in [0.15, 0.2) is 5.65 Å². The van der Waals surface area contributed by atoms with Crippen LogP contribution in [0.3, 0.4) is 0 Å². The molecule has 0 N–H and O–H groups in total. The first-order chi connectivity index (χ1) is 15.0. The Morgan fingerprint density at radius 3 is 2.39 bits per heavy atom. The minimum atomic E-state index is 0.101. The van der Waals surface area contributed by atoms with E-state index in [0.717, 1.165) is 58.9 Å². The van der Waals surface area contributed by atoms with Crippen molar-refractivity contribution >= 4 is 11.6 Å². The van der Waals surface area contributed by atoms with Crippen LogP contribution in [0.15, 0.2) is 30.3 Å². The van der Waals surface area contributed by atoms with Gasteiger partial charge in [0, 0.05) is 35.6 Å². The lowest BCUT2D eigenvalue weighted by molar-refractivity contribution is -0.130. The minimum absolute atomic E-state index is 0.101. The fourth-order valence-corrected chi connectivity index (χ4v) is 3.86. The van der Waals surface area contributed by atoms with Gasteiger partial charge >= 0.3 is 0 Å². The first-order valence-corrected chi connectivity index (χ1v) is 11.4. The van der Waals surface area contributed by atoms with Crippen LogP contribution >= 0.6 is 0 Å². The topological polar surface area (TPSA) is 59.7 Å². The number of likely N-dealkylation sites (N-methyl/N-ethyl adjacent to an activating group) is 1. The van der Waals surface area contributed by atoms with Gasteiger partial charge in [-0.2, -0.15) is 5.10 Å². The first-order valence-electron chi connectivity index (χ1n) is 11.4. The number of amides is 1. The van der Waals surface area contributed by atoms with Crippen molar-refractivity contribution in [1.29, 1.82) is 0 Å². The zero-order chi connectivity index (χ0) is 22.4. The van der Waals surface area contributed by atoms with Crippen LogP contribution in [0.1, 0.15) is 57.5 Å². The van der Waals surface area contributed by atoms with Gasteiger partial charge < -0.3 is 9.64 Å². The molecule has 1 amide bonds. The maximum atomic E-state index is 13.0. The van der Waals surface area contributed by atoms with E-state index >= 15 is 0 Å². The number of hydrogen-bond donors (Lipinski definition) is 0. The molecule has 31 heavy (non-hydrogen) atoms. The third-order valence-corrected chi connectivity index (χ3v) is 5.44. The third kappa shape index (κ3) is 5.06. The SMILES string of the molecule is CCCOc1ccc(-c2nn3c(CCC)cc(C)nc3c2CC(=O)N(CC)CC)cc1. The molecule has 3 aromatic rings. The second kappa shape index (κ2) is 10.4. The van der Waals surface area contributed by atoms with Crippen molar-refractivity contribution in [2.45, 2.75) is 60.3 Å². The number of nitrogens with zero attached hydrogens (tertiary/aromatic N) is 4. The molecule has 0 saturated heterocycles. The molecule has 0 saturated carbocycles. The molecule has 0 aliphatic carbocycles. The van der Waals surface area contributed by atoms with E-state index in [1.165, 1.54) is 0 Å². The fraction of sp³-hybridized carbons (Fsp3) is 0.480. The Morgan fingerprint density at radius 1 is 1.06 bits per heavy atom. The summed E-state index contributed by atoms with van der Waals surface area (Å²) in [6.07, 6.45) is 3.19. The Hall–Kier alpha value is -2.89. The smallest absolute Gasteiger partial charge is 0.227 e. The highest BCUT2D eigenvalue weighted by molar-refractivity contribution is 5.84. The number of fused-ring (bicyclic) bond motifs is 1. The largest absolute Gasteiger partial charge is 0.494 e. The van der Waals surface area contributed by atoms with Crippen LogP contribution in [-0.4, -0.2) is 45.1 Å². The van der Waals surface area contributed by atoms with Gasteiger partial charge in [-0.25, -0.2) is 9.50 Å². The Kier molecular flexibility index (Phi) is 7.66. The summed E-state index contributed by atoms with van der Waals surface area (Å²) in [5.74, 6) is 0.945. The average molecular weight is 423 g/mol. The zero-order valence-corrected chi connectivity index (χ0v) is 19.4. The number of carbonyl (C=O) groups is 1. The summed E-state index contributed by atoms with van der Waals surface area (Å²) in [5.41, 5.74) is 5.53. The lowest BCUT2D eigenvalue weighted by Crippen LogP contribution is -2.31. The number of benzene rings is 1. The summed E-state index contributed by atoms with van der Waals surface area (Å²) in [7, 11) is 0. The summed E-state index contributed by atoms with van der Waals surface area (Å²) in [6, 6.07) is 10.1. The van der Waals surface area contributed by atoms with Crippen LogP contribution in [0, 0.1) is 6.92 Å². The van der Waals surface area contributed by atoms with Crippen LogP contribution in [0.25, 0.3) is 16.9 Å². The van der Waals surface area contributed by atoms with Crippen LogP contribution < -0.4 is 4.74 Å². The molecule has 0 bridgehead atoms. The Bertz CT molecular complexity index is 1020. The van der Waals surface area contributed by atoms with E-state index in [9.17, 15) is 4.79 Å². The van der Waals surface area contributed by atoms with Crippen molar-refractivity contribution in [3.8, 4) is 17.0 Å². The van der Waals surface area contributed by atoms with E-state index in [1.807, 2.05) is 54.5 Å². The van der Waals surface area contributed by atoms with Crippen molar-refractivity contribution in [2.75, 3.05) is 19.7 Å². The Labute approximate surface area is 185 Å². The predicted molar refractivity (Wildman–Crippen MR) is 125 cm³/mol. The second-order valence-corrected chi connectivity index (χ2v) is 7.82. The fourth-order valence-electron chi connectivity index (χ4n) is 3.86. The molecule has 0 aliphatic rings. The molecule has 0 fully saturated rings. The van der Waals surface area contributed by atoms with Gasteiger partial charge in [0.1, 0.15) is 5.75 Å². The maximum absolute atomic E-state index is 13.0. The quantitative estimate of drug-likeness (QED) is 0.468. The standard InChI is InChI=1S/C25H34N4O2/c1-6-10-20-16-18(5)26-25-22(17-23(30)28(8-3)9-4)24(27-29(20)25)19-11-13-21(14-12-19)31-15-7-2/h11-14,16H,6-10,15,17H2,1-5H3.